The second-order valence-corrected chi connectivity index (χ2v) is 6.37. The lowest BCUT2D eigenvalue weighted by Gasteiger charge is -2.21. The summed E-state index contributed by atoms with van der Waals surface area (Å²) in [5, 5.41) is 6.26. The van der Waals surface area contributed by atoms with Crippen LogP contribution in [0, 0.1) is 0 Å². The standard InChI is InChI=1S/C19H39N5O4/c1-3-5-6-7-8-9-12-24(4-2)19(25)21-10-13-26-15-17-28-18-16-27-14-11-22-23-20/h3-18H2,1-2H3,(H,21,25). The third kappa shape index (κ3) is 17.9. The maximum absolute atomic E-state index is 12.1. The van der Waals surface area contributed by atoms with E-state index in [1.54, 1.807) is 0 Å². The van der Waals surface area contributed by atoms with E-state index in [-0.39, 0.29) is 6.03 Å². The number of ether oxygens (including phenoxy) is 3. The van der Waals surface area contributed by atoms with Crippen molar-refractivity contribution in [3.05, 3.63) is 10.4 Å². The molecule has 9 nitrogen and oxygen atoms in total. The largest absolute Gasteiger partial charge is 0.379 e. The summed E-state index contributed by atoms with van der Waals surface area (Å²) in [5.41, 5.74) is 8.10. The van der Waals surface area contributed by atoms with Crippen LogP contribution in [0.25, 0.3) is 10.4 Å². The highest BCUT2D eigenvalue weighted by Crippen LogP contribution is 2.06. The van der Waals surface area contributed by atoms with E-state index in [2.05, 4.69) is 22.3 Å². The molecule has 0 fully saturated rings. The summed E-state index contributed by atoms with van der Waals surface area (Å²) in [6, 6.07) is -0.0196. The molecule has 2 amide bonds. The van der Waals surface area contributed by atoms with Crippen LogP contribution in [0.15, 0.2) is 5.11 Å². The van der Waals surface area contributed by atoms with Crippen molar-refractivity contribution in [2.75, 3.05) is 65.8 Å². The van der Waals surface area contributed by atoms with Gasteiger partial charge >= 0.3 is 6.03 Å². The SMILES string of the molecule is CCCCCCCCN(CC)C(=O)NCCOCCOCCOCCN=[N+]=[N-]. The number of carbonyl (C=O) groups is 1. The van der Waals surface area contributed by atoms with Crippen molar-refractivity contribution >= 4 is 6.03 Å². The van der Waals surface area contributed by atoms with Gasteiger partial charge in [0, 0.05) is 31.1 Å². The molecular formula is C19H39N5O4. The molecule has 0 heterocycles. The fourth-order valence-corrected chi connectivity index (χ4v) is 2.52. The van der Waals surface area contributed by atoms with Gasteiger partial charge in [0.2, 0.25) is 0 Å². The number of rotatable bonds is 20. The lowest BCUT2D eigenvalue weighted by molar-refractivity contribution is 0.0167. The van der Waals surface area contributed by atoms with E-state index < -0.39 is 0 Å². The first-order valence-electron chi connectivity index (χ1n) is 10.5. The molecular weight excluding hydrogens is 362 g/mol. The summed E-state index contributed by atoms with van der Waals surface area (Å²) in [5.74, 6) is 0. The molecule has 0 aromatic heterocycles. The molecule has 28 heavy (non-hydrogen) atoms. The van der Waals surface area contributed by atoms with Gasteiger partial charge in [0.25, 0.3) is 0 Å². The van der Waals surface area contributed by atoms with Gasteiger partial charge in [0.15, 0.2) is 0 Å². The number of nitrogens with one attached hydrogen (secondary N) is 1. The van der Waals surface area contributed by atoms with E-state index in [0.29, 0.717) is 52.7 Å². The van der Waals surface area contributed by atoms with Gasteiger partial charge < -0.3 is 24.4 Å². The molecule has 0 unspecified atom stereocenters. The second kappa shape index (κ2) is 21.8. The van der Waals surface area contributed by atoms with Gasteiger partial charge in [0.05, 0.1) is 39.6 Å². The molecule has 0 aromatic rings. The third-order valence-electron chi connectivity index (χ3n) is 4.12. The highest BCUT2D eigenvalue weighted by Gasteiger charge is 2.09. The fourth-order valence-electron chi connectivity index (χ4n) is 2.52. The molecule has 0 saturated heterocycles. The first kappa shape index (κ1) is 26.5. The van der Waals surface area contributed by atoms with E-state index in [4.69, 9.17) is 19.7 Å². The number of azide groups is 1. The Morgan fingerprint density at radius 2 is 1.54 bits per heavy atom. The zero-order valence-electron chi connectivity index (χ0n) is 17.7. The molecule has 0 aliphatic rings. The number of amides is 2. The molecule has 0 atom stereocenters. The average molecular weight is 402 g/mol. The van der Waals surface area contributed by atoms with E-state index in [9.17, 15) is 4.79 Å². The van der Waals surface area contributed by atoms with Crippen molar-refractivity contribution in [3.8, 4) is 0 Å². The van der Waals surface area contributed by atoms with Crippen LogP contribution < -0.4 is 5.32 Å². The van der Waals surface area contributed by atoms with Gasteiger partial charge in [-0.15, -0.1) is 0 Å². The van der Waals surface area contributed by atoms with Crippen molar-refractivity contribution in [2.24, 2.45) is 5.11 Å². The number of nitrogens with zero attached hydrogens (tertiary/aromatic N) is 4. The molecule has 164 valence electrons. The minimum absolute atomic E-state index is 0.0196. The smallest absolute Gasteiger partial charge is 0.317 e. The molecule has 0 radical (unpaired) electrons. The van der Waals surface area contributed by atoms with Crippen molar-refractivity contribution in [2.45, 2.75) is 52.4 Å². The van der Waals surface area contributed by atoms with Crippen LogP contribution in [-0.2, 0) is 14.2 Å². The normalized spacial score (nSPS) is 10.5. The Kier molecular flexibility index (Phi) is 20.6. The van der Waals surface area contributed by atoms with Crippen LogP contribution in [0.4, 0.5) is 4.79 Å². The zero-order chi connectivity index (χ0) is 20.7. The van der Waals surface area contributed by atoms with Gasteiger partial charge in [-0.25, -0.2) is 4.79 Å². The van der Waals surface area contributed by atoms with Crippen molar-refractivity contribution in [1.29, 1.82) is 0 Å². The summed E-state index contributed by atoms with van der Waals surface area (Å²) in [7, 11) is 0. The first-order valence-corrected chi connectivity index (χ1v) is 10.5. The average Bonchev–Trinajstić information content (AvgIpc) is 2.70. The monoisotopic (exact) mass is 401 g/mol. The Labute approximate surface area is 169 Å². The predicted molar refractivity (Wildman–Crippen MR) is 110 cm³/mol. The van der Waals surface area contributed by atoms with Crippen LogP contribution in [0.1, 0.15) is 52.4 Å². The second-order valence-electron chi connectivity index (χ2n) is 6.37. The molecule has 0 saturated carbocycles. The van der Waals surface area contributed by atoms with Gasteiger partial charge in [-0.05, 0) is 18.9 Å². The quantitative estimate of drug-likeness (QED) is 0.145. The summed E-state index contributed by atoms with van der Waals surface area (Å²) < 4.78 is 16.0. The van der Waals surface area contributed by atoms with Gasteiger partial charge in [-0.3, -0.25) is 0 Å². The van der Waals surface area contributed by atoms with Gasteiger partial charge in [0.1, 0.15) is 0 Å². The Hall–Kier alpha value is -1.54. The molecule has 0 spiro atoms. The number of urea groups is 1. The first-order chi connectivity index (χ1) is 13.8. The van der Waals surface area contributed by atoms with Crippen molar-refractivity contribution in [1.82, 2.24) is 10.2 Å². The molecule has 9 heteroatoms. The Balaban J connectivity index is 3.45. The van der Waals surface area contributed by atoms with Crippen molar-refractivity contribution in [3.63, 3.8) is 0 Å². The highest BCUT2D eigenvalue weighted by molar-refractivity contribution is 5.74. The van der Waals surface area contributed by atoms with E-state index in [1.165, 1.54) is 32.1 Å². The lowest BCUT2D eigenvalue weighted by Crippen LogP contribution is -2.41. The predicted octanol–water partition coefficient (Wildman–Crippen LogP) is 3.74. The van der Waals surface area contributed by atoms with Crippen LogP contribution in [0.3, 0.4) is 0 Å². The maximum atomic E-state index is 12.1. The minimum atomic E-state index is -0.0196. The Morgan fingerprint density at radius 3 is 2.18 bits per heavy atom. The Bertz CT molecular complexity index is 406. The number of hydrogen-bond donors (Lipinski definition) is 1. The minimum Gasteiger partial charge on any atom is -0.379 e. The molecule has 0 rings (SSSR count). The number of hydrogen-bond acceptors (Lipinski definition) is 5. The zero-order valence-corrected chi connectivity index (χ0v) is 17.7. The molecule has 0 aliphatic carbocycles. The molecule has 0 aromatic carbocycles. The Morgan fingerprint density at radius 1 is 0.929 bits per heavy atom. The highest BCUT2D eigenvalue weighted by atomic mass is 16.5. The lowest BCUT2D eigenvalue weighted by atomic mass is 10.1. The van der Waals surface area contributed by atoms with Gasteiger partial charge in [-0.2, -0.15) is 0 Å². The summed E-state index contributed by atoms with van der Waals surface area (Å²) in [4.78, 5) is 16.6. The van der Waals surface area contributed by atoms with Crippen LogP contribution in [0.2, 0.25) is 0 Å². The summed E-state index contributed by atoms with van der Waals surface area (Å²) in [6.07, 6.45) is 7.35. The van der Waals surface area contributed by atoms with Gasteiger partial charge in [-0.1, -0.05) is 44.1 Å². The van der Waals surface area contributed by atoms with E-state index in [0.717, 1.165) is 19.5 Å². The maximum Gasteiger partial charge on any atom is 0.317 e. The van der Waals surface area contributed by atoms with E-state index >= 15 is 0 Å². The van der Waals surface area contributed by atoms with Crippen LogP contribution in [0.5, 0.6) is 0 Å². The third-order valence-corrected chi connectivity index (χ3v) is 4.12. The topological polar surface area (TPSA) is 109 Å². The van der Waals surface area contributed by atoms with Crippen LogP contribution in [-0.4, -0.2) is 76.8 Å². The summed E-state index contributed by atoms with van der Waals surface area (Å²) in [6.45, 7) is 9.34. The summed E-state index contributed by atoms with van der Waals surface area (Å²) >= 11 is 0. The fraction of sp³-hybridized carbons (Fsp3) is 0.947. The van der Waals surface area contributed by atoms with E-state index in [1.807, 2.05) is 11.8 Å². The molecule has 0 bridgehead atoms. The number of unbranched alkanes of at least 4 members (excludes halogenated alkanes) is 5. The molecule has 1 N–H and O–H groups in total. The molecule has 0 aliphatic heterocycles. The van der Waals surface area contributed by atoms with Crippen LogP contribution >= 0.6 is 0 Å². The number of carbonyl (C=O) groups excluding carboxylic acids is 1. The van der Waals surface area contributed by atoms with Crippen molar-refractivity contribution < 1.29 is 19.0 Å².